The molecule has 3 heteroatoms. The highest BCUT2D eigenvalue weighted by molar-refractivity contribution is 5.04. The fourth-order valence-electron chi connectivity index (χ4n) is 4.54. The van der Waals surface area contributed by atoms with Crippen molar-refractivity contribution in [3.8, 4) is 0 Å². The van der Waals surface area contributed by atoms with Crippen LogP contribution in [-0.2, 0) is 4.74 Å². The van der Waals surface area contributed by atoms with Gasteiger partial charge in [-0.15, -0.1) is 0 Å². The zero-order valence-electron chi connectivity index (χ0n) is 12.3. The van der Waals surface area contributed by atoms with Gasteiger partial charge in [0.1, 0.15) is 0 Å². The molecule has 0 aliphatic carbocycles. The Balaban J connectivity index is 1.81. The molecule has 104 valence electrons. The molecular formula is C15H28N2O. The molecule has 3 rings (SSSR count). The van der Waals surface area contributed by atoms with Crippen LogP contribution in [0.5, 0.6) is 0 Å². The van der Waals surface area contributed by atoms with E-state index in [2.05, 4.69) is 37.9 Å². The predicted octanol–water partition coefficient (Wildman–Crippen LogP) is 2.02. The van der Waals surface area contributed by atoms with E-state index in [0.29, 0.717) is 6.04 Å². The minimum atomic E-state index is -0.00597. The van der Waals surface area contributed by atoms with Gasteiger partial charge >= 0.3 is 0 Å². The van der Waals surface area contributed by atoms with Crippen LogP contribution >= 0.6 is 0 Å². The lowest BCUT2D eigenvalue weighted by atomic mass is 9.85. The molecule has 3 saturated heterocycles. The number of likely N-dealkylation sites (tertiary alicyclic amines) is 1. The Morgan fingerprint density at radius 2 is 1.94 bits per heavy atom. The van der Waals surface area contributed by atoms with Crippen LogP contribution in [0.1, 0.15) is 47.0 Å². The molecule has 3 fully saturated rings. The van der Waals surface area contributed by atoms with Crippen molar-refractivity contribution in [3.05, 3.63) is 0 Å². The van der Waals surface area contributed by atoms with Crippen LogP contribution in [0.3, 0.4) is 0 Å². The maximum absolute atomic E-state index is 6.29. The highest BCUT2D eigenvalue weighted by atomic mass is 16.5. The molecule has 3 heterocycles. The van der Waals surface area contributed by atoms with Crippen LogP contribution in [0.25, 0.3) is 0 Å². The van der Waals surface area contributed by atoms with E-state index >= 15 is 0 Å². The maximum atomic E-state index is 6.29. The van der Waals surface area contributed by atoms with Crippen LogP contribution in [0.4, 0.5) is 0 Å². The number of hydrogen-bond donors (Lipinski definition) is 1. The second-order valence-electron chi connectivity index (χ2n) is 7.55. The van der Waals surface area contributed by atoms with Crippen molar-refractivity contribution in [2.24, 2.45) is 5.92 Å². The highest BCUT2D eigenvalue weighted by Gasteiger charge is 2.51. The van der Waals surface area contributed by atoms with Crippen LogP contribution in [0.2, 0.25) is 0 Å². The Hall–Kier alpha value is -0.120. The number of piperidine rings is 1. The van der Waals surface area contributed by atoms with Crippen molar-refractivity contribution in [3.63, 3.8) is 0 Å². The number of fused-ring (bicyclic) bond motifs is 1. The Kier molecular flexibility index (Phi) is 3.00. The van der Waals surface area contributed by atoms with Gasteiger partial charge in [-0.05, 0) is 66.0 Å². The molecule has 3 aliphatic rings. The predicted molar refractivity (Wildman–Crippen MR) is 73.7 cm³/mol. The van der Waals surface area contributed by atoms with E-state index in [1.807, 2.05) is 0 Å². The van der Waals surface area contributed by atoms with Gasteiger partial charge in [0.25, 0.3) is 0 Å². The molecule has 0 aromatic rings. The van der Waals surface area contributed by atoms with E-state index in [0.717, 1.165) is 12.0 Å². The van der Waals surface area contributed by atoms with Gasteiger partial charge in [0.2, 0.25) is 0 Å². The molecule has 0 bridgehead atoms. The monoisotopic (exact) mass is 252 g/mol. The number of rotatable bonds is 1. The smallest absolute Gasteiger partial charge is 0.0789 e. The van der Waals surface area contributed by atoms with Crippen molar-refractivity contribution < 1.29 is 4.74 Å². The molecule has 3 atom stereocenters. The summed E-state index contributed by atoms with van der Waals surface area (Å²) in [6.07, 6.45) is 3.94. The Labute approximate surface area is 111 Å². The van der Waals surface area contributed by atoms with E-state index in [1.165, 1.54) is 38.9 Å². The van der Waals surface area contributed by atoms with Crippen molar-refractivity contribution in [2.75, 3.05) is 19.6 Å². The zero-order chi connectivity index (χ0) is 13.0. The zero-order valence-corrected chi connectivity index (χ0v) is 12.3. The summed E-state index contributed by atoms with van der Waals surface area (Å²) in [6.45, 7) is 12.7. The summed E-state index contributed by atoms with van der Waals surface area (Å²) in [5.41, 5.74) is 0.0289. The number of nitrogens with one attached hydrogen (secondary N) is 1. The lowest BCUT2D eigenvalue weighted by Crippen LogP contribution is -2.55. The summed E-state index contributed by atoms with van der Waals surface area (Å²) >= 11 is 0. The lowest BCUT2D eigenvalue weighted by Gasteiger charge is -2.44. The summed E-state index contributed by atoms with van der Waals surface area (Å²) < 4.78 is 6.29. The van der Waals surface area contributed by atoms with Crippen molar-refractivity contribution in [1.29, 1.82) is 0 Å². The minimum absolute atomic E-state index is 0.00597. The first kappa shape index (κ1) is 12.9. The van der Waals surface area contributed by atoms with Gasteiger partial charge in [0, 0.05) is 18.6 Å². The van der Waals surface area contributed by atoms with E-state index in [9.17, 15) is 0 Å². The largest absolute Gasteiger partial charge is 0.368 e. The van der Waals surface area contributed by atoms with Crippen LogP contribution in [-0.4, -0.2) is 47.8 Å². The molecule has 3 nitrogen and oxygen atoms in total. The van der Waals surface area contributed by atoms with E-state index in [4.69, 9.17) is 4.74 Å². The highest BCUT2D eigenvalue weighted by Crippen LogP contribution is 2.43. The molecule has 0 spiro atoms. The van der Waals surface area contributed by atoms with Crippen molar-refractivity contribution >= 4 is 0 Å². The quantitative estimate of drug-likeness (QED) is 0.772. The summed E-state index contributed by atoms with van der Waals surface area (Å²) in [4.78, 5) is 2.77. The molecule has 3 aliphatic heterocycles. The van der Waals surface area contributed by atoms with Gasteiger partial charge in [-0.1, -0.05) is 0 Å². The first-order valence-electron chi connectivity index (χ1n) is 7.56. The molecular weight excluding hydrogens is 224 g/mol. The normalized spacial score (nSPS) is 43.0. The maximum Gasteiger partial charge on any atom is 0.0789 e. The van der Waals surface area contributed by atoms with Gasteiger partial charge in [-0.2, -0.15) is 0 Å². The second-order valence-corrected chi connectivity index (χ2v) is 7.55. The molecule has 0 aromatic heterocycles. The summed E-state index contributed by atoms with van der Waals surface area (Å²) in [5, 5.41) is 3.58. The van der Waals surface area contributed by atoms with E-state index in [1.54, 1.807) is 0 Å². The van der Waals surface area contributed by atoms with Gasteiger partial charge in [-0.25, -0.2) is 0 Å². The van der Waals surface area contributed by atoms with Gasteiger partial charge < -0.3 is 10.1 Å². The van der Waals surface area contributed by atoms with Crippen LogP contribution in [0.15, 0.2) is 0 Å². The first-order valence-corrected chi connectivity index (χ1v) is 7.56. The molecule has 0 radical (unpaired) electrons. The Morgan fingerprint density at radius 1 is 1.17 bits per heavy atom. The molecule has 1 N–H and O–H groups in total. The first-order chi connectivity index (χ1) is 8.39. The topological polar surface area (TPSA) is 24.5 Å². The molecule has 0 saturated carbocycles. The van der Waals surface area contributed by atoms with Gasteiger partial charge in [0.15, 0.2) is 0 Å². The third kappa shape index (κ3) is 2.10. The Bertz CT molecular complexity index is 326. The molecule has 3 unspecified atom stereocenters. The molecule has 0 aromatic carbocycles. The number of ether oxygens (including phenoxy) is 1. The summed E-state index contributed by atoms with van der Waals surface area (Å²) in [7, 11) is 0. The number of nitrogens with zero attached hydrogens (tertiary/aromatic N) is 1. The van der Waals surface area contributed by atoms with Gasteiger partial charge in [0.05, 0.1) is 11.2 Å². The molecule has 0 amide bonds. The fourth-order valence-corrected chi connectivity index (χ4v) is 4.54. The van der Waals surface area contributed by atoms with Crippen LogP contribution in [0, 0.1) is 5.92 Å². The third-order valence-corrected chi connectivity index (χ3v) is 5.15. The van der Waals surface area contributed by atoms with E-state index in [-0.39, 0.29) is 11.2 Å². The number of hydrogen-bond acceptors (Lipinski definition) is 3. The van der Waals surface area contributed by atoms with Gasteiger partial charge in [-0.3, -0.25) is 4.90 Å². The van der Waals surface area contributed by atoms with E-state index < -0.39 is 0 Å². The minimum Gasteiger partial charge on any atom is -0.368 e. The molecule has 18 heavy (non-hydrogen) atoms. The standard InChI is InChI=1S/C15H28N2O/c1-14(2)8-13(15(3,4)18-14)17-7-5-6-11-9-16-10-12(11)17/h11-13,16H,5-10H2,1-4H3. The summed E-state index contributed by atoms with van der Waals surface area (Å²) in [5.74, 6) is 0.873. The van der Waals surface area contributed by atoms with Crippen molar-refractivity contribution in [1.82, 2.24) is 10.2 Å². The average Bonchev–Trinajstić information content (AvgIpc) is 2.79. The second kappa shape index (κ2) is 4.19. The Morgan fingerprint density at radius 3 is 2.61 bits per heavy atom. The lowest BCUT2D eigenvalue weighted by molar-refractivity contribution is -0.0877. The van der Waals surface area contributed by atoms with Crippen LogP contribution < -0.4 is 5.32 Å². The summed E-state index contributed by atoms with van der Waals surface area (Å²) in [6, 6.07) is 1.33. The average molecular weight is 252 g/mol. The SMILES string of the molecule is CC1(C)CC(N2CCCC3CNCC32)C(C)(C)O1. The third-order valence-electron chi connectivity index (χ3n) is 5.15. The van der Waals surface area contributed by atoms with Crippen molar-refractivity contribution in [2.45, 2.75) is 70.2 Å². The fraction of sp³-hybridized carbons (Fsp3) is 1.00.